The molecule has 5 nitrogen and oxygen atoms in total. The number of aromatic nitrogens is 2. The summed E-state index contributed by atoms with van der Waals surface area (Å²) >= 11 is 0. The predicted molar refractivity (Wildman–Crippen MR) is 57.5 cm³/mol. The van der Waals surface area contributed by atoms with Gasteiger partial charge in [-0.1, -0.05) is 0 Å². The number of rotatable bonds is 2. The summed E-state index contributed by atoms with van der Waals surface area (Å²) in [5.74, 6) is 1.66. The zero-order valence-electron chi connectivity index (χ0n) is 9.16. The number of hydrogen-bond acceptors (Lipinski definition) is 5. The lowest BCUT2D eigenvalue weighted by molar-refractivity contribution is 0.0495. The Kier molecular flexibility index (Phi) is 3.13. The minimum atomic E-state index is 0.774. The van der Waals surface area contributed by atoms with E-state index in [0.717, 1.165) is 43.6 Å². The van der Waals surface area contributed by atoms with E-state index >= 15 is 0 Å². The van der Waals surface area contributed by atoms with Crippen molar-refractivity contribution in [1.29, 1.82) is 0 Å². The molecule has 2 heterocycles. The number of nitrogens with one attached hydrogen (secondary N) is 1. The number of nitrogens with zero attached hydrogens (tertiary/aromatic N) is 3. The topological polar surface area (TPSA) is 50.3 Å². The first-order valence-corrected chi connectivity index (χ1v) is 5.16. The maximum Gasteiger partial charge on any atom is 0.144 e. The molecule has 1 aromatic rings. The fourth-order valence-electron chi connectivity index (χ4n) is 1.61. The summed E-state index contributed by atoms with van der Waals surface area (Å²) in [6.07, 6.45) is 0. The fourth-order valence-corrected chi connectivity index (χ4v) is 1.61. The summed E-state index contributed by atoms with van der Waals surface area (Å²) in [6, 6.07) is 1.95. The van der Waals surface area contributed by atoms with Crippen LogP contribution in [0.2, 0.25) is 0 Å². The second-order valence-electron chi connectivity index (χ2n) is 3.65. The van der Waals surface area contributed by atoms with Crippen LogP contribution in [0.15, 0.2) is 6.07 Å². The van der Waals surface area contributed by atoms with E-state index in [4.69, 9.17) is 4.74 Å². The molecule has 0 bridgehead atoms. The van der Waals surface area contributed by atoms with Crippen LogP contribution >= 0.6 is 0 Å². The summed E-state index contributed by atoms with van der Waals surface area (Å²) in [5.41, 5.74) is 4.25. The van der Waals surface area contributed by atoms with Gasteiger partial charge in [-0.15, -0.1) is 0 Å². The van der Waals surface area contributed by atoms with E-state index in [1.165, 1.54) is 0 Å². The molecule has 0 atom stereocenters. The van der Waals surface area contributed by atoms with Crippen molar-refractivity contribution >= 4 is 5.82 Å². The molecule has 1 aromatic heterocycles. The van der Waals surface area contributed by atoms with Gasteiger partial charge in [-0.2, -0.15) is 0 Å². The molecule has 1 N–H and O–H groups in total. The van der Waals surface area contributed by atoms with Crippen LogP contribution in [0.1, 0.15) is 11.5 Å². The molecule has 82 valence electrons. The molecule has 0 unspecified atom stereocenters. The Morgan fingerprint density at radius 3 is 2.67 bits per heavy atom. The lowest BCUT2D eigenvalue weighted by atomic mass is 10.4. The van der Waals surface area contributed by atoms with Crippen molar-refractivity contribution in [3.63, 3.8) is 0 Å². The van der Waals surface area contributed by atoms with Gasteiger partial charge in [0, 0.05) is 24.8 Å². The number of anilines is 1. The third-order valence-electron chi connectivity index (χ3n) is 2.25. The van der Waals surface area contributed by atoms with Crippen LogP contribution in [0.4, 0.5) is 5.82 Å². The first-order valence-electron chi connectivity index (χ1n) is 5.16. The highest BCUT2D eigenvalue weighted by Crippen LogP contribution is 2.07. The van der Waals surface area contributed by atoms with Gasteiger partial charge in [0.25, 0.3) is 0 Å². The molecule has 2 rings (SSSR count). The first kappa shape index (κ1) is 10.3. The van der Waals surface area contributed by atoms with E-state index in [1.807, 2.05) is 19.9 Å². The molecule has 15 heavy (non-hydrogen) atoms. The molecule has 0 spiro atoms. The highest BCUT2D eigenvalue weighted by atomic mass is 16.5. The van der Waals surface area contributed by atoms with Gasteiger partial charge in [0.05, 0.1) is 13.2 Å². The van der Waals surface area contributed by atoms with Crippen LogP contribution in [-0.2, 0) is 4.74 Å². The van der Waals surface area contributed by atoms with Gasteiger partial charge in [0.15, 0.2) is 0 Å². The maximum absolute atomic E-state index is 5.27. The van der Waals surface area contributed by atoms with Gasteiger partial charge in [-0.05, 0) is 13.8 Å². The zero-order valence-corrected chi connectivity index (χ0v) is 9.16. The number of morpholine rings is 1. The smallest absolute Gasteiger partial charge is 0.144 e. The number of hydrogen-bond donors (Lipinski definition) is 1. The quantitative estimate of drug-likeness (QED) is 0.777. The van der Waals surface area contributed by atoms with Crippen molar-refractivity contribution in [2.45, 2.75) is 13.8 Å². The Labute approximate surface area is 89.4 Å². The monoisotopic (exact) mass is 208 g/mol. The summed E-state index contributed by atoms with van der Waals surface area (Å²) in [4.78, 5) is 8.56. The SMILES string of the molecule is Cc1cc(NN2CCOCC2)nc(C)n1. The molecule has 0 aromatic carbocycles. The van der Waals surface area contributed by atoms with E-state index in [-0.39, 0.29) is 0 Å². The standard InChI is InChI=1S/C10H16N4O/c1-8-7-10(12-9(2)11-8)13-14-3-5-15-6-4-14/h7H,3-6H2,1-2H3,(H,11,12,13). The van der Waals surface area contributed by atoms with Gasteiger partial charge in [0.2, 0.25) is 0 Å². The van der Waals surface area contributed by atoms with Crippen molar-refractivity contribution in [3.05, 3.63) is 17.6 Å². The van der Waals surface area contributed by atoms with E-state index in [9.17, 15) is 0 Å². The van der Waals surface area contributed by atoms with E-state index in [2.05, 4.69) is 20.4 Å². The van der Waals surface area contributed by atoms with Gasteiger partial charge >= 0.3 is 0 Å². The molecule has 5 heteroatoms. The second-order valence-corrected chi connectivity index (χ2v) is 3.65. The van der Waals surface area contributed by atoms with Gasteiger partial charge in [-0.25, -0.2) is 15.0 Å². The fraction of sp³-hybridized carbons (Fsp3) is 0.600. The van der Waals surface area contributed by atoms with Crippen molar-refractivity contribution < 1.29 is 4.74 Å². The summed E-state index contributed by atoms with van der Waals surface area (Å²) in [7, 11) is 0. The first-order chi connectivity index (χ1) is 7.24. The van der Waals surface area contributed by atoms with Gasteiger partial charge < -0.3 is 10.2 Å². The van der Waals surface area contributed by atoms with E-state index < -0.39 is 0 Å². The molecule has 1 aliphatic rings. The van der Waals surface area contributed by atoms with Crippen LogP contribution < -0.4 is 5.43 Å². The molecule has 0 radical (unpaired) electrons. The molecular formula is C10H16N4O. The summed E-state index contributed by atoms with van der Waals surface area (Å²) < 4.78 is 5.27. The summed E-state index contributed by atoms with van der Waals surface area (Å²) in [5, 5.41) is 2.12. The Morgan fingerprint density at radius 1 is 1.27 bits per heavy atom. The van der Waals surface area contributed by atoms with Gasteiger partial charge in [-0.3, -0.25) is 0 Å². The van der Waals surface area contributed by atoms with Crippen LogP contribution in [0, 0.1) is 13.8 Å². The molecule has 0 aliphatic carbocycles. The highest BCUT2D eigenvalue weighted by molar-refractivity contribution is 5.34. The molecule has 0 amide bonds. The average molecular weight is 208 g/mol. The number of ether oxygens (including phenoxy) is 1. The van der Waals surface area contributed by atoms with Crippen LogP contribution in [0.5, 0.6) is 0 Å². The third kappa shape index (κ3) is 2.87. The molecule has 1 fully saturated rings. The Bertz CT molecular complexity index is 316. The van der Waals surface area contributed by atoms with Crippen LogP contribution in [-0.4, -0.2) is 41.3 Å². The zero-order chi connectivity index (χ0) is 10.7. The van der Waals surface area contributed by atoms with E-state index in [1.54, 1.807) is 0 Å². The normalized spacial score (nSPS) is 17.7. The largest absolute Gasteiger partial charge is 0.379 e. The minimum Gasteiger partial charge on any atom is -0.379 e. The van der Waals surface area contributed by atoms with Crippen molar-refractivity contribution in [1.82, 2.24) is 15.0 Å². The highest BCUT2D eigenvalue weighted by Gasteiger charge is 2.10. The Balaban J connectivity index is 2.02. The van der Waals surface area contributed by atoms with Crippen molar-refractivity contribution in [2.75, 3.05) is 31.7 Å². The molecular weight excluding hydrogens is 192 g/mol. The van der Waals surface area contributed by atoms with Crippen molar-refractivity contribution in [2.24, 2.45) is 0 Å². The lowest BCUT2D eigenvalue weighted by Gasteiger charge is -2.27. The van der Waals surface area contributed by atoms with E-state index in [0.29, 0.717) is 0 Å². The Hall–Kier alpha value is -1.20. The number of aryl methyl sites for hydroxylation is 2. The lowest BCUT2D eigenvalue weighted by Crippen LogP contribution is -2.40. The third-order valence-corrected chi connectivity index (χ3v) is 2.25. The summed E-state index contributed by atoms with van der Waals surface area (Å²) in [6.45, 7) is 7.20. The van der Waals surface area contributed by atoms with Gasteiger partial charge in [0.1, 0.15) is 11.6 Å². The van der Waals surface area contributed by atoms with Crippen LogP contribution in [0.3, 0.4) is 0 Å². The molecule has 1 saturated heterocycles. The Morgan fingerprint density at radius 2 is 2.00 bits per heavy atom. The minimum absolute atomic E-state index is 0.774. The average Bonchev–Trinajstić information content (AvgIpc) is 2.17. The maximum atomic E-state index is 5.27. The number of hydrazine groups is 1. The second kappa shape index (κ2) is 4.55. The van der Waals surface area contributed by atoms with Crippen molar-refractivity contribution in [3.8, 4) is 0 Å². The molecule has 0 saturated carbocycles. The van der Waals surface area contributed by atoms with Crippen LogP contribution in [0.25, 0.3) is 0 Å². The predicted octanol–water partition coefficient (Wildman–Crippen LogP) is 0.753. The molecule has 1 aliphatic heterocycles.